The Balaban J connectivity index is 2.22. The maximum absolute atomic E-state index is 6.18. The van der Waals surface area contributed by atoms with Crippen LogP contribution < -0.4 is 5.73 Å². The van der Waals surface area contributed by atoms with Crippen molar-refractivity contribution in [1.29, 1.82) is 0 Å². The van der Waals surface area contributed by atoms with E-state index in [1.54, 1.807) is 0 Å². The molecular formula is C15H16N4. The summed E-state index contributed by atoms with van der Waals surface area (Å²) < 4.78 is 1.86. The van der Waals surface area contributed by atoms with Crippen LogP contribution in [0.5, 0.6) is 0 Å². The van der Waals surface area contributed by atoms with E-state index in [1.165, 1.54) is 0 Å². The van der Waals surface area contributed by atoms with Crippen molar-refractivity contribution in [3.05, 3.63) is 54.1 Å². The molecule has 0 aliphatic carbocycles. The Morgan fingerprint density at radius 3 is 2.68 bits per heavy atom. The third-order valence-electron chi connectivity index (χ3n) is 3.36. The van der Waals surface area contributed by atoms with Crippen LogP contribution in [0, 0.1) is 0 Å². The molecule has 0 aliphatic heterocycles. The molecule has 0 amide bonds. The molecule has 4 nitrogen and oxygen atoms in total. The highest BCUT2D eigenvalue weighted by Gasteiger charge is 2.13. The van der Waals surface area contributed by atoms with Crippen LogP contribution in [0.25, 0.3) is 16.7 Å². The molecule has 0 aliphatic rings. The Kier molecular flexibility index (Phi) is 3.01. The molecule has 4 heteroatoms. The third-order valence-corrected chi connectivity index (χ3v) is 3.36. The summed E-state index contributed by atoms with van der Waals surface area (Å²) >= 11 is 0. The molecule has 0 fully saturated rings. The van der Waals surface area contributed by atoms with Gasteiger partial charge < -0.3 is 5.73 Å². The quantitative estimate of drug-likeness (QED) is 0.779. The molecule has 2 aromatic carbocycles. The molecule has 19 heavy (non-hydrogen) atoms. The van der Waals surface area contributed by atoms with E-state index in [2.05, 4.69) is 23.3 Å². The molecule has 1 aromatic heterocycles. The molecule has 1 heterocycles. The second-order valence-electron chi connectivity index (χ2n) is 4.56. The lowest BCUT2D eigenvalue weighted by atomic mass is 10.0. The molecule has 0 spiro atoms. The molecule has 96 valence electrons. The van der Waals surface area contributed by atoms with Crippen molar-refractivity contribution >= 4 is 11.0 Å². The van der Waals surface area contributed by atoms with Gasteiger partial charge in [0.15, 0.2) is 0 Å². The second kappa shape index (κ2) is 4.82. The van der Waals surface area contributed by atoms with Gasteiger partial charge in [-0.05, 0) is 30.2 Å². The van der Waals surface area contributed by atoms with Crippen LogP contribution in [0.1, 0.15) is 24.9 Å². The number of benzene rings is 2. The van der Waals surface area contributed by atoms with E-state index < -0.39 is 0 Å². The number of rotatable bonds is 3. The fraction of sp³-hybridized carbons (Fsp3) is 0.200. The predicted molar refractivity (Wildman–Crippen MR) is 76.1 cm³/mol. The second-order valence-corrected chi connectivity index (χ2v) is 4.56. The van der Waals surface area contributed by atoms with Crippen molar-refractivity contribution in [1.82, 2.24) is 15.0 Å². The average molecular weight is 252 g/mol. The SMILES string of the molecule is CC[C@@H](N)c1ccccc1-n1nnc2ccccc21. The van der Waals surface area contributed by atoms with Crippen molar-refractivity contribution < 1.29 is 0 Å². The summed E-state index contributed by atoms with van der Waals surface area (Å²) in [5.41, 5.74) is 10.2. The predicted octanol–water partition coefficient (Wildman–Crippen LogP) is 2.83. The summed E-state index contributed by atoms with van der Waals surface area (Å²) in [5.74, 6) is 0. The van der Waals surface area contributed by atoms with Gasteiger partial charge in [-0.2, -0.15) is 0 Å². The highest BCUT2D eigenvalue weighted by atomic mass is 15.4. The maximum atomic E-state index is 6.18. The molecule has 0 saturated heterocycles. The van der Waals surface area contributed by atoms with Crippen LogP contribution in [0.4, 0.5) is 0 Å². The third kappa shape index (κ3) is 2.00. The van der Waals surface area contributed by atoms with Gasteiger partial charge in [-0.3, -0.25) is 0 Å². The van der Waals surface area contributed by atoms with Gasteiger partial charge in [-0.1, -0.05) is 42.5 Å². The lowest BCUT2D eigenvalue weighted by Crippen LogP contribution is -2.12. The van der Waals surface area contributed by atoms with E-state index >= 15 is 0 Å². The van der Waals surface area contributed by atoms with Gasteiger partial charge in [0.2, 0.25) is 0 Å². The van der Waals surface area contributed by atoms with Gasteiger partial charge in [-0.25, -0.2) is 4.68 Å². The first-order valence-electron chi connectivity index (χ1n) is 6.46. The topological polar surface area (TPSA) is 56.7 Å². The molecule has 3 rings (SSSR count). The normalized spacial score (nSPS) is 12.7. The summed E-state index contributed by atoms with van der Waals surface area (Å²) in [6.07, 6.45) is 0.893. The van der Waals surface area contributed by atoms with Crippen molar-refractivity contribution in [3.63, 3.8) is 0 Å². The zero-order chi connectivity index (χ0) is 13.2. The van der Waals surface area contributed by atoms with Gasteiger partial charge >= 0.3 is 0 Å². The standard InChI is InChI=1S/C15H16N4/c1-2-12(16)11-7-3-5-9-14(11)19-15-10-6-4-8-13(15)17-18-19/h3-10,12H,2,16H2,1H3/t12-/m1/s1. The number of hydrogen-bond donors (Lipinski definition) is 1. The molecular weight excluding hydrogens is 236 g/mol. The summed E-state index contributed by atoms with van der Waals surface area (Å²) in [5, 5.41) is 8.45. The van der Waals surface area contributed by atoms with E-state index in [0.717, 1.165) is 28.7 Å². The summed E-state index contributed by atoms with van der Waals surface area (Å²) in [7, 11) is 0. The Bertz CT molecular complexity index is 702. The minimum atomic E-state index is 0.0131. The van der Waals surface area contributed by atoms with Gasteiger partial charge in [-0.15, -0.1) is 5.10 Å². The number of para-hydroxylation sites is 2. The molecule has 0 unspecified atom stereocenters. The summed E-state index contributed by atoms with van der Waals surface area (Å²) in [6, 6.07) is 16.0. The number of hydrogen-bond acceptors (Lipinski definition) is 3. The van der Waals surface area contributed by atoms with E-state index in [9.17, 15) is 0 Å². The highest BCUT2D eigenvalue weighted by molar-refractivity contribution is 5.76. The largest absolute Gasteiger partial charge is 0.324 e. The van der Waals surface area contributed by atoms with Crippen LogP contribution in [0.3, 0.4) is 0 Å². The fourth-order valence-electron chi connectivity index (χ4n) is 2.26. The number of nitrogens with two attached hydrogens (primary N) is 1. The number of fused-ring (bicyclic) bond motifs is 1. The number of nitrogens with zero attached hydrogens (tertiary/aromatic N) is 3. The summed E-state index contributed by atoms with van der Waals surface area (Å²) in [4.78, 5) is 0. The first kappa shape index (κ1) is 11.9. The molecule has 0 saturated carbocycles. The smallest absolute Gasteiger partial charge is 0.113 e. The van der Waals surface area contributed by atoms with Crippen molar-refractivity contribution in [2.75, 3.05) is 0 Å². The lowest BCUT2D eigenvalue weighted by molar-refractivity contribution is 0.684. The molecule has 3 aromatic rings. The van der Waals surface area contributed by atoms with Crippen LogP contribution >= 0.6 is 0 Å². The van der Waals surface area contributed by atoms with Crippen LogP contribution in [-0.4, -0.2) is 15.0 Å². The first-order valence-corrected chi connectivity index (χ1v) is 6.46. The van der Waals surface area contributed by atoms with Crippen molar-refractivity contribution in [3.8, 4) is 5.69 Å². The van der Waals surface area contributed by atoms with Crippen molar-refractivity contribution in [2.45, 2.75) is 19.4 Å². The summed E-state index contributed by atoms with van der Waals surface area (Å²) in [6.45, 7) is 2.08. The van der Waals surface area contributed by atoms with Gasteiger partial charge in [0, 0.05) is 6.04 Å². The number of aromatic nitrogens is 3. The highest BCUT2D eigenvalue weighted by Crippen LogP contribution is 2.24. The van der Waals surface area contributed by atoms with Crippen LogP contribution in [0.15, 0.2) is 48.5 Å². The van der Waals surface area contributed by atoms with Gasteiger partial charge in [0.25, 0.3) is 0 Å². The fourth-order valence-corrected chi connectivity index (χ4v) is 2.26. The monoisotopic (exact) mass is 252 g/mol. The minimum Gasteiger partial charge on any atom is -0.324 e. The Morgan fingerprint density at radius 2 is 1.84 bits per heavy atom. The maximum Gasteiger partial charge on any atom is 0.113 e. The van der Waals surface area contributed by atoms with Crippen LogP contribution in [-0.2, 0) is 0 Å². The van der Waals surface area contributed by atoms with E-state index in [-0.39, 0.29) is 6.04 Å². The molecule has 1 atom stereocenters. The zero-order valence-electron chi connectivity index (χ0n) is 10.8. The van der Waals surface area contributed by atoms with E-state index in [1.807, 2.05) is 47.1 Å². The van der Waals surface area contributed by atoms with E-state index in [4.69, 9.17) is 5.73 Å². The van der Waals surface area contributed by atoms with E-state index in [0.29, 0.717) is 0 Å². The van der Waals surface area contributed by atoms with Gasteiger partial charge in [0.1, 0.15) is 5.52 Å². The average Bonchev–Trinajstić information content (AvgIpc) is 2.90. The van der Waals surface area contributed by atoms with Crippen molar-refractivity contribution in [2.24, 2.45) is 5.73 Å². The minimum absolute atomic E-state index is 0.0131. The van der Waals surface area contributed by atoms with Gasteiger partial charge in [0.05, 0.1) is 11.2 Å². The zero-order valence-corrected chi connectivity index (χ0v) is 10.8. The molecule has 0 bridgehead atoms. The van der Waals surface area contributed by atoms with Crippen LogP contribution in [0.2, 0.25) is 0 Å². The molecule has 0 radical (unpaired) electrons. The molecule has 2 N–H and O–H groups in total. The Labute approximate surface area is 111 Å². The Morgan fingerprint density at radius 1 is 1.11 bits per heavy atom. The Hall–Kier alpha value is -2.20. The first-order chi connectivity index (χ1) is 9.31. The lowest BCUT2D eigenvalue weighted by Gasteiger charge is -2.14.